The Bertz CT molecular complexity index is 1070. The number of esters is 1. The Kier molecular flexibility index (Phi) is 4.49. The molecule has 8 nitrogen and oxygen atoms in total. The molecule has 10 heteroatoms. The number of halogens is 1. The summed E-state index contributed by atoms with van der Waals surface area (Å²) in [4.78, 5) is 30.1. The van der Waals surface area contributed by atoms with Crippen LogP contribution in [0.4, 0.5) is 4.39 Å². The Balaban J connectivity index is 1.89. The lowest BCUT2D eigenvalue weighted by molar-refractivity contribution is 0.0600. The van der Waals surface area contributed by atoms with Crippen LogP contribution in [0.25, 0.3) is 5.65 Å². The maximum atomic E-state index is 13.9. The number of nitrogens with zero attached hydrogens (tertiary/aromatic N) is 4. The van der Waals surface area contributed by atoms with Crippen LogP contribution in [-0.4, -0.2) is 32.7 Å². The first-order valence-corrected chi connectivity index (χ1v) is 7.89. The Morgan fingerprint density at radius 3 is 3.04 bits per heavy atom. The Morgan fingerprint density at radius 2 is 2.32 bits per heavy atom. The summed E-state index contributed by atoms with van der Waals surface area (Å²) in [5.74, 6) is -0.950. The number of hydrogen-bond acceptors (Lipinski definition) is 7. The average Bonchev–Trinajstić information content (AvgIpc) is 3.04. The second kappa shape index (κ2) is 6.74. The summed E-state index contributed by atoms with van der Waals surface area (Å²) in [6.07, 6.45) is 1.24. The third-order valence-electron chi connectivity index (χ3n) is 3.31. The summed E-state index contributed by atoms with van der Waals surface area (Å²) < 4.78 is 19.5. The zero-order valence-electron chi connectivity index (χ0n) is 12.8. The number of carbonyl (C=O) groups excluding carboxylic acids is 1. The number of thioether (sulfide) groups is 1. The average molecular weight is 359 g/mol. The van der Waals surface area contributed by atoms with E-state index in [0.717, 1.165) is 16.3 Å². The van der Waals surface area contributed by atoms with Crippen LogP contribution in [0.3, 0.4) is 0 Å². The molecule has 0 radical (unpaired) electrons. The molecule has 0 aliphatic heterocycles. The molecule has 2 heterocycles. The smallest absolute Gasteiger partial charge is 0.350 e. The molecule has 0 aliphatic rings. The van der Waals surface area contributed by atoms with E-state index in [4.69, 9.17) is 5.26 Å². The van der Waals surface area contributed by atoms with E-state index in [1.165, 1.54) is 31.5 Å². The lowest BCUT2D eigenvalue weighted by Gasteiger charge is -2.06. The van der Waals surface area contributed by atoms with Gasteiger partial charge >= 0.3 is 11.7 Å². The number of benzene rings is 1. The summed E-state index contributed by atoms with van der Waals surface area (Å²) in [6, 6.07) is 5.77. The zero-order chi connectivity index (χ0) is 18.0. The Hall–Kier alpha value is -3.19. The fraction of sp³-hybridized carbons (Fsp3) is 0.133. The van der Waals surface area contributed by atoms with Crippen LogP contribution < -0.4 is 5.69 Å². The first kappa shape index (κ1) is 16.7. The van der Waals surface area contributed by atoms with E-state index in [1.807, 2.05) is 6.07 Å². The van der Waals surface area contributed by atoms with Crippen LogP contribution in [0.1, 0.15) is 21.5 Å². The van der Waals surface area contributed by atoms with Gasteiger partial charge in [0.15, 0.2) is 10.8 Å². The highest BCUT2D eigenvalue weighted by molar-refractivity contribution is 7.98. The fourth-order valence-corrected chi connectivity index (χ4v) is 2.91. The molecule has 0 aliphatic carbocycles. The first-order valence-electron chi connectivity index (χ1n) is 6.91. The number of fused-ring (bicyclic) bond motifs is 1. The molecule has 0 bridgehead atoms. The van der Waals surface area contributed by atoms with E-state index in [0.29, 0.717) is 0 Å². The van der Waals surface area contributed by atoms with Crippen LogP contribution in [-0.2, 0) is 10.5 Å². The molecule has 0 unspecified atom stereocenters. The van der Waals surface area contributed by atoms with Gasteiger partial charge in [0, 0.05) is 5.75 Å². The highest BCUT2D eigenvalue weighted by Gasteiger charge is 2.13. The molecular formula is C15H10FN5O3S. The van der Waals surface area contributed by atoms with Crippen LogP contribution in [0, 0.1) is 17.1 Å². The largest absolute Gasteiger partial charge is 0.465 e. The van der Waals surface area contributed by atoms with E-state index >= 15 is 0 Å². The van der Waals surface area contributed by atoms with Crippen molar-refractivity contribution in [2.45, 2.75) is 10.9 Å². The number of rotatable bonds is 4. The molecule has 25 heavy (non-hydrogen) atoms. The summed E-state index contributed by atoms with van der Waals surface area (Å²) in [7, 11) is 1.24. The molecule has 0 spiro atoms. The highest BCUT2D eigenvalue weighted by Crippen LogP contribution is 2.22. The molecule has 3 aromatic rings. The molecule has 2 aromatic heterocycles. The minimum Gasteiger partial charge on any atom is -0.465 e. The summed E-state index contributed by atoms with van der Waals surface area (Å²) >= 11 is 1.06. The summed E-state index contributed by atoms with van der Waals surface area (Å²) in [5, 5.41) is 13.0. The van der Waals surface area contributed by atoms with Crippen molar-refractivity contribution in [3.8, 4) is 6.07 Å². The van der Waals surface area contributed by atoms with E-state index < -0.39 is 17.5 Å². The van der Waals surface area contributed by atoms with Gasteiger partial charge in [-0.1, -0.05) is 11.8 Å². The zero-order valence-corrected chi connectivity index (χ0v) is 13.6. The number of ether oxygens (including phenoxy) is 1. The number of aromatic nitrogens is 4. The lowest BCUT2D eigenvalue weighted by atomic mass is 10.1. The van der Waals surface area contributed by atoms with Gasteiger partial charge in [0.1, 0.15) is 17.4 Å². The Labute approximate surface area is 144 Å². The second-order valence-electron chi connectivity index (χ2n) is 4.84. The quantitative estimate of drug-likeness (QED) is 0.555. The SMILES string of the molecule is COC(=O)c1ccc(F)c(CSc2nc3c(C#N)cnn3c(=O)[nH]2)c1. The van der Waals surface area contributed by atoms with Gasteiger partial charge in [0.25, 0.3) is 0 Å². The number of carbonyl (C=O) groups is 1. The van der Waals surface area contributed by atoms with E-state index in [2.05, 4.69) is 19.8 Å². The molecule has 1 N–H and O–H groups in total. The van der Waals surface area contributed by atoms with E-state index in [9.17, 15) is 14.0 Å². The van der Waals surface area contributed by atoms with E-state index in [-0.39, 0.29) is 33.2 Å². The van der Waals surface area contributed by atoms with Gasteiger partial charge in [0.2, 0.25) is 0 Å². The Morgan fingerprint density at radius 1 is 1.52 bits per heavy atom. The van der Waals surface area contributed by atoms with Crippen molar-refractivity contribution in [2.24, 2.45) is 0 Å². The second-order valence-corrected chi connectivity index (χ2v) is 5.80. The van der Waals surface area contributed by atoms with Crippen LogP contribution in [0.5, 0.6) is 0 Å². The van der Waals surface area contributed by atoms with Gasteiger partial charge in [-0.05, 0) is 23.8 Å². The van der Waals surface area contributed by atoms with Gasteiger partial charge < -0.3 is 4.74 Å². The number of nitriles is 1. The monoisotopic (exact) mass is 359 g/mol. The minimum atomic E-state index is -0.572. The molecule has 0 atom stereocenters. The molecule has 126 valence electrons. The molecular weight excluding hydrogens is 349 g/mol. The third kappa shape index (κ3) is 3.22. The number of nitrogens with one attached hydrogen (secondary N) is 1. The summed E-state index contributed by atoms with van der Waals surface area (Å²) in [6.45, 7) is 0. The maximum absolute atomic E-state index is 13.9. The van der Waals surface area contributed by atoms with E-state index in [1.54, 1.807) is 0 Å². The fourth-order valence-electron chi connectivity index (χ4n) is 2.09. The molecule has 0 fully saturated rings. The third-order valence-corrected chi connectivity index (χ3v) is 4.23. The minimum absolute atomic E-state index is 0.117. The van der Waals surface area contributed by atoms with Gasteiger partial charge in [-0.25, -0.2) is 19.0 Å². The number of hydrogen-bond donors (Lipinski definition) is 1. The molecule has 3 rings (SSSR count). The predicted octanol–water partition coefficient (Wildman–Crippen LogP) is 1.51. The molecule has 0 amide bonds. The normalized spacial score (nSPS) is 10.6. The van der Waals surface area contributed by atoms with Gasteiger partial charge in [-0.3, -0.25) is 4.98 Å². The lowest BCUT2D eigenvalue weighted by Crippen LogP contribution is -2.19. The number of methoxy groups -OCH3 is 1. The van der Waals surface area contributed by atoms with Crippen LogP contribution in [0.15, 0.2) is 34.3 Å². The first-order chi connectivity index (χ1) is 12.0. The standard InChI is InChI=1S/C15H10FN5O3S/c1-24-13(22)8-2-3-11(16)9(4-8)7-25-14-19-12-10(5-17)6-18-21(12)15(23)20-14/h2-4,6H,7H2,1H3,(H,19,20,23). The number of aromatic amines is 1. The van der Waals surface area contributed by atoms with Crippen molar-refractivity contribution < 1.29 is 13.9 Å². The van der Waals surface area contributed by atoms with Crippen molar-refractivity contribution in [3.63, 3.8) is 0 Å². The highest BCUT2D eigenvalue weighted by atomic mass is 32.2. The van der Waals surface area contributed by atoms with Gasteiger partial charge in [0.05, 0.1) is 18.9 Å². The van der Waals surface area contributed by atoms with Crippen molar-refractivity contribution in [2.75, 3.05) is 7.11 Å². The topological polar surface area (TPSA) is 113 Å². The van der Waals surface area contributed by atoms with Crippen molar-refractivity contribution >= 4 is 23.4 Å². The van der Waals surface area contributed by atoms with Crippen LogP contribution >= 0.6 is 11.8 Å². The number of H-pyrrole nitrogens is 1. The van der Waals surface area contributed by atoms with Crippen LogP contribution in [0.2, 0.25) is 0 Å². The molecule has 0 saturated carbocycles. The van der Waals surface area contributed by atoms with Crippen molar-refractivity contribution in [1.29, 1.82) is 5.26 Å². The molecule has 0 saturated heterocycles. The van der Waals surface area contributed by atoms with Gasteiger partial charge in [-0.15, -0.1) is 0 Å². The predicted molar refractivity (Wildman–Crippen MR) is 85.6 cm³/mol. The van der Waals surface area contributed by atoms with Crippen molar-refractivity contribution in [1.82, 2.24) is 19.6 Å². The van der Waals surface area contributed by atoms with Gasteiger partial charge in [-0.2, -0.15) is 14.9 Å². The molecule has 1 aromatic carbocycles. The maximum Gasteiger partial charge on any atom is 0.350 e. The van der Waals surface area contributed by atoms with Crippen molar-refractivity contribution in [3.05, 3.63) is 57.4 Å². The summed E-state index contributed by atoms with van der Waals surface area (Å²) in [5.41, 5.74) is 0.200.